The van der Waals surface area contributed by atoms with Gasteiger partial charge in [0, 0.05) is 29.3 Å². The predicted molar refractivity (Wildman–Crippen MR) is 70.7 cm³/mol. The number of hydrogen-bond donors (Lipinski definition) is 1. The van der Waals surface area contributed by atoms with Gasteiger partial charge >= 0.3 is 0 Å². The molecule has 2 aromatic rings. The van der Waals surface area contributed by atoms with Crippen LogP contribution in [0.4, 0.5) is 0 Å². The molecule has 1 N–H and O–H groups in total. The molecule has 0 spiro atoms. The van der Waals surface area contributed by atoms with Crippen LogP contribution in [0.3, 0.4) is 0 Å². The van der Waals surface area contributed by atoms with Crippen molar-refractivity contribution < 1.29 is 4.52 Å². The molecular formula is C11H16ClN3OS. The van der Waals surface area contributed by atoms with Gasteiger partial charge in [-0.2, -0.15) is 4.98 Å². The van der Waals surface area contributed by atoms with Crippen LogP contribution in [0.1, 0.15) is 21.5 Å². The number of thiophene rings is 1. The van der Waals surface area contributed by atoms with Gasteiger partial charge < -0.3 is 9.84 Å². The van der Waals surface area contributed by atoms with Gasteiger partial charge in [-0.25, -0.2) is 0 Å². The smallest absolute Gasteiger partial charge is 0.227 e. The third kappa shape index (κ3) is 4.46. The van der Waals surface area contributed by atoms with Crippen molar-refractivity contribution >= 4 is 23.7 Å². The minimum absolute atomic E-state index is 0. The van der Waals surface area contributed by atoms with Crippen molar-refractivity contribution in [1.82, 2.24) is 15.5 Å². The zero-order valence-corrected chi connectivity index (χ0v) is 11.5. The molecule has 0 amide bonds. The summed E-state index contributed by atoms with van der Waals surface area (Å²) in [5.41, 5.74) is 0. The summed E-state index contributed by atoms with van der Waals surface area (Å²) in [6.07, 6.45) is 0.783. The zero-order chi connectivity index (χ0) is 11.4. The molecule has 0 aromatic carbocycles. The largest absolute Gasteiger partial charge is 0.339 e. The van der Waals surface area contributed by atoms with Gasteiger partial charge in [-0.05, 0) is 26.0 Å². The lowest BCUT2D eigenvalue weighted by Gasteiger charge is -1.99. The predicted octanol–water partition coefficient (Wildman–Crippen LogP) is 2.50. The lowest BCUT2D eigenvalue weighted by Crippen LogP contribution is -2.16. The molecule has 0 bridgehead atoms. The number of nitrogens with zero attached hydrogens (tertiary/aromatic N) is 2. The summed E-state index contributed by atoms with van der Waals surface area (Å²) in [4.78, 5) is 6.86. The van der Waals surface area contributed by atoms with E-state index in [1.54, 1.807) is 0 Å². The second-order valence-electron chi connectivity index (χ2n) is 3.67. The van der Waals surface area contributed by atoms with Crippen LogP contribution in [0.5, 0.6) is 0 Å². The Bertz CT molecular complexity index is 413. The highest BCUT2D eigenvalue weighted by molar-refractivity contribution is 7.11. The highest BCUT2D eigenvalue weighted by atomic mass is 35.5. The molecule has 0 saturated heterocycles. The van der Waals surface area contributed by atoms with Gasteiger partial charge in [0.05, 0.1) is 0 Å². The van der Waals surface area contributed by atoms with Gasteiger partial charge in [-0.15, -0.1) is 23.7 Å². The highest BCUT2D eigenvalue weighted by Crippen LogP contribution is 2.14. The topological polar surface area (TPSA) is 51.0 Å². The van der Waals surface area contributed by atoms with Crippen molar-refractivity contribution in [2.75, 3.05) is 6.54 Å². The molecule has 0 unspecified atom stereocenters. The molecule has 6 heteroatoms. The summed E-state index contributed by atoms with van der Waals surface area (Å²) in [6, 6.07) is 4.30. The Labute approximate surface area is 111 Å². The zero-order valence-electron chi connectivity index (χ0n) is 9.90. The number of rotatable bonds is 5. The Hall–Kier alpha value is -0.910. The molecule has 0 aliphatic heterocycles. The summed E-state index contributed by atoms with van der Waals surface area (Å²) in [5.74, 6) is 1.40. The molecule has 2 heterocycles. The van der Waals surface area contributed by atoms with E-state index in [0.717, 1.165) is 19.5 Å². The molecule has 4 nitrogen and oxygen atoms in total. The van der Waals surface area contributed by atoms with Crippen LogP contribution in [0, 0.1) is 13.8 Å². The monoisotopic (exact) mass is 273 g/mol. The molecular weight excluding hydrogens is 258 g/mol. The fourth-order valence-corrected chi connectivity index (χ4v) is 2.29. The lowest BCUT2D eigenvalue weighted by atomic mass is 10.4. The van der Waals surface area contributed by atoms with E-state index in [4.69, 9.17) is 4.52 Å². The minimum Gasteiger partial charge on any atom is -0.339 e. The molecule has 0 aliphatic rings. The van der Waals surface area contributed by atoms with Gasteiger partial charge in [0.2, 0.25) is 5.89 Å². The van der Waals surface area contributed by atoms with E-state index in [9.17, 15) is 0 Å². The van der Waals surface area contributed by atoms with Crippen LogP contribution < -0.4 is 5.32 Å². The summed E-state index contributed by atoms with van der Waals surface area (Å²) < 4.78 is 5.02. The maximum atomic E-state index is 5.02. The summed E-state index contributed by atoms with van der Waals surface area (Å²) in [7, 11) is 0. The number of aryl methyl sites for hydroxylation is 2. The third-order valence-electron chi connectivity index (χ3n) is 2.18. The van der Waals surface area contributed by atoms with Crippen molar-refractivity contribution in [3.05, 3.63) is 33.6 Å². The molecule has 94 valence electrons. The molecule has 2 rings (SSSR count). The highest BCUT2D eigenvalue weighted by Gasteiger charge is 2.02. The Balaban J connectivity index is 0.00000144. The van der Waals surface area contributed by atoms with Crippen molar-refractivity contribution in [3.8, 4) is 0 Å². The molecule has 0 radical (unpaired) electrons. The molecule has 17 heavy (non-hydrogen) atoms. The molecule has 2 aromatic heterocycles. The first-order chi connectivity index (χ1) is 7.74. The summed E-state index contributed by atoms with van der Waals surface area (Å²) in [6.45, 7) is 5.72. The quantitative estimate of drug-likeness (QED) is 0.851. The molecule has 0 aliphatic carbocycles. The van der Waals surface area contributed by atoms with Gasteiger partial charge in [0.25, 0.3) is 0 Å². The SMILES string of the molecule is Cc1noc(CCNCc2ccc(C)s2)n1.Cl. The van der Waals surface area contributed by atoms with Crippen LogP contribution >= 0.6 is 23.7 Å². The lowest BCUT2D eigenvalue weighted by molar-refractivity contribution is 0.372. The van der Waals surface area contributed by atoms with Crippen molar-refractivity contribution in [1.29, 1.82) is 0 Å². The van der Waals surface area contributed by atoms with Gasteiger partial charge in [0.15, 0.2) is 5.82 Å². The van der Waals surface area contributed by atoms with E-state index in [1.165, 1.54) is 9.75 Å². The second kappa shape index (κ2) is 6.74. The second-order valence-corrected chi connectivity index (χ2v) is 5.05. The van der Waals surface area contributed by atoms with Crippen LogP contribution in [0.15, 0.2) is 16.7 Å². The number of aromatic nitrogens is 2. The average Bonchev–Trinajstić information content (AvgIpc) is 2.83. The Kier molecular flexibility index (Phi) is 5.61. The maximum absolute atomic E-state index is 5.02. The average molecular weight is 274 g/mol. The standard InChI is InChI=1S/C11H15N3OS.ClH/c1-8-3-4-10(16-8)7-12-6-5-11-13-9(2)14-15-11;/h3-4,12H,5-7H2,1-2H3;1H. The number of nitrogens with one attached hydrogen (secondary N) is 1. The molecule has 0 atom stereocenters. The fraction of sp³-hybridized carbons (Fsp3) is 0.455. The summed E-state index contributed by atoms with van der Waals surface area (Å²) >= 11 is 1.82. The van der Waals surface area contributed by atoms with E-state index in [2.05, 4.69) is 34.5 Å². The third-order valence-corrected chi connectivity index (χ3v) is 3.18. The Morgan fingerprint density at radius 1 is 1.35 bits per heavy atom. The first-order valence-corrected chi connectivity index (χ1v) is 6.11. The van der Waals surface area contributed by atoms with Crippen molar-refractivity contribution in [2.45, 2.75) is 26.8 Å². The van der Waals surface area contributed by atoms with Crippen LogP contribution in [-0.2, 0) is 13.0 Å². The van der Waals surface area contributed by atoms with E-state index >= 15 is 0 Å². The minimum atomic E-state index is 0. The van der Waals surface area contributed by atoms with Gasteiger partial charge in [-0.1, -0.05) is 5.16 Å². The van der Waals surface area contributed by atoms with Crippen molar-refractivity contribution in [2.24, 2.45) is 0 Å². The van der Waals surface area contributed by atoms with E-state index < -0.39 is 0 Å². The maximum Gasteiger partial charge on any atom is 0.227 e. The first kappa shape index (κ1) is 14.2. The van der Waals surface area contributed by atoms with E-state index in [0.29, 0.717) is 11.7 Å². The molecule has 0 fully saturated rings. The normalized spacial score (nSPS) is 10.2. The summed E-state index contributed by atoms with van der Waals surface area (Å²) in [5, 5.41) is 7.10. The number of halogens is 1. The molecule has 0 saturated carbocycles. The van der Waals surface area contributed by atoms with Crippen molar-refractivity contribution in [3.63, 3.8) is 0 Å². The fourth-order valence-electron chi connectivity index (χ4n) is 1.43. The van der Waals surface area contributed by atoms with E-state index in [1.807, 2.05) is 18.3 Å². The van der Waals surface area contributed by atoms with E-state index in [-0.39, 0.29) is 12.4 Å². The Morgan fingerprint density at radius 2 is 2.18 bits per heavy atom. The van der Waals surface area contributed by atoms with Crippen LogP contribution in [0.2, 0.25) is 0 Å². The Morgan fingerprint density at radius 3 is 2.76 bits per heavy atom. The van der Waals surface area contributed by atoms with Gasteiger partial charge in [-0.3, -0.25) is 0 Å². The number of hydrogen-bond acceptors (Lipinski definition) is 5. The first-order valence-electron chi connectivity index (χ1n) is 5.29. The van der Waals surface area contributed by atoms with Crippen LogP contribution in [0.25, 0.3) is 0 Å². The van der Waals surface area contributed by atoms with Gasteiger partial charge in [0.1, 0.15) is 0 Å². The van der Waals surface area contributed by atoms with Crippen LogP contribution in [-0.4, -0.2) is 16.7 Å².